The molecule has 1 saturated heterocycles. The van der Waals surface area contributed by atoms with Gasteiger partial charge in [0.15, 0.2) is 0 Å². The second-order valence-corrected chi connectivity index (χ2v) is 4.14. The lowest BCUT2D eigenvalue weighted by Gasteiger charge is -2.32. The van der Waals surface area contributed by atoms with Crippen molar-refractivity contribution in [3.8, 4) is 0 Å². The highest BCUT2D eigenvalue weighted by Gasteiger charge is 2.19. The lowest BCUT2D eigenvalue weighted by molar-refractivity contribution is 0.218. The summed E-state index contributed by atoms with van der Waals surface area (Å²) in [7, 11) is 0. The highest BCUT2D eigenvalue weighted by molar-refractivity contribution is 5.20. The van der Waals surface area contributed by atoms with E-state index in [0.717, 1.165) is 5.92 Å². The lowest BCUT2D eigenvalue weighted by atomic mass is 9.91. The van der Waals surface area contributed by atoms with E-state index in [1.807, 2.05) is 0 Å². The summed E-state index contributed by atoms with van der Waals surface area (Å²) < 4.78 is 0. The summed E-state index contributed by atoms with van der Waals surface area (Å²) in [5.41, 5.74) is 1.52. The summed E-state index contributed by atoms with van der Waals surface area (Å²) in [6.45, 7) is 6.00. The number of piperidine rings is 1. The first-order valence-electron chi connectivity index (χ1n) is 5.67. The van der Waals surface area contributed by atoms with Gasteiger partial charge >= 0.3 is 0 Å². The van der Waals surface area contributed by atoms with Gasteiger partial charge in [-0.2, -0.15) is 0 Å². The normalized spacial score (nSPS) is 23.6. The zero-order chi connectivity index (χ0) is 9.80. The molecule has 0 amide bonds. The first-order chi connectivity index (χ1) is 6.90. The third-order valence-corrected chi connectivity index (χ3v) is 3.22. The van der Waals surface area contributed by atoms with Gasteiger partial charge in [-0.05, 0) is 37.4 Å². The zero-order valence-electron chi connectivity index (χ0n) is 8.95. The molecule has 14 heavy (non-hydrogen) atoms. The summed E-state index contributed by atoms with van der Waals surface area (Å²) >= 11 is 0. The molecule has 76 valence electrons. The second kappa shape index (κ2) is 4.61. The minimum absolute atomic E-state index is 0.768. The van der Waals surface area contributed by atoms with Gasteiger partial charge in [-0.1, -0.05) is 37.3 Å². The molecule has 0 aliphatic carbocycles. The number of hydrogen-bond acceptors (Lipinski definition) is 1. The molecule has 1 aliphatic heterocycles. The summed E-state index contributed by atoms with van der Waals surface area (Å²) in [5.74, 6) is 0.768. The number of hydrogen-bond donors (Lipinski definition) is 0. The Hall–Kier alpha value is -0.820. The molecule has 1 aliphatic rings. The first kappa shape index (κ1) is 9.72. The van der Waals surface area contributed by atoms with Gasteiger partial charge < -0.3 is 4.90 Å². The van der Waals surface area contributed by atoms with E-state index in [0.29, 0.717) is 0 Å². The fourth-order valence-corrected chi connectivity index (χ4v) is 2.34. The van der Waals surface area contributed by atoms with Crippen molar-refractivity contribution in [1.29, 1.82) is 0 Å². The average Bonchev–Trinajstić information content (AvgIpc) is 2.30. The summed E-state index contributed by atoms with van der Waals surface area (Å²) in [4.78, 5) is 2.56. The van der Waals surface area contributed by atoms with Gasteiger partial charge in [-0.15, -0.1) is 0 Å². The SMILES string of the molecule is CCN1CCCC(c2ccccc2)C1. The summed E-state index contributed by atoms with van der Waals surface area (Å²) in [6.07, 6.45) is 2.72. The third kappa shape index (κ3) is 2.16. The highest BCUT2D eigenvalue weighted by Crippen LogP contribution is 2.26. The zero-order valence-corrected chi connectivity index (χ0v) is 8.95. The van der Waals surface area contributed by atoms with Crippen LogP contribution < -0.4 is 0 Å². The Morgan fingerprint density at radius 1 is 1.29 bits per heavy atom. The Bertz CT molecular complexity index is 268. The number of benzene rings is 1. The minimum Gasteiger partial charge on any atom is -0.303 e. The van der Waals surface area contributed by atoms with Crippen LogP contribution in [0.4, 0.5) is 0 Å². The quantitative estimate of drug-likeness (QED) is 0.691. The van der Waals surface area contributed by atoms with Crippen molar-refractivity contribution in [2.75, 3.05) is 19.6 Å². The molecule has 1 heteroatoms. The Morgan fingerprint density at radius 2 is 2.07 bits per heavy atom. The first-order valence-corrected chi connectivity index (χ1v) is 5.67. The molecule has 1 aromatic rings. The molecule has 2 rings (SSSR count). The van der Waals surface area contributed by atoms with Gasteiger partial charge in [0.2, 0.25) is 0 Å². The predicted molar refractivity (Wildman–Crippen MR) is 60.5 cm³/mol. The van der Waals surface area contributed by atoms with E-state index in [4.69, 9.17) is 0 Å². The van der Waals surface area contributed by atoms with E-state index in [1.165, 1.54) is 38.0 Å². The van der Waals surface area contributed by atoms with Crippen molar-refractivity contribution in [2.24, 2.45) is 0 Å². The molecule has 0 N–H and O–H groups in total. The van der Waals surface area contributed by atoms with E-state index >= 15 is 0 Å². The molecular weight excluding hydrogens is 170 g/mol. The van der Waals surface area contributed by atoms with Crippen LogP contribution in [-0.4, -0.2) is 24.5 Å². The standard InChI is InChI=1S/C13H19N/c1-2-14-10-6-9-13(11-14)12-7-4-3-5-8-12/h3-5,7-8,13H,2,6,9-11H2,1H3. The van der Waals surface area contributed by atoms with E-state index in [9.17, 15) is 0 Å². The van der Waals surface area contributed by atoms with Crippen molar-refractivity contribution in [3.05, 3.63) is 35.9 Å². The van der Waals surface area contributed by atoms with Crippen LogP contribution in [0.15, 0.2) is 30.3 Å². The maximum atomic E-state index is 2.56. The molecule has 1 fully saturated rings. The van der Waals surface area contributed by atoms with Gasteiger partial charge in [0.25, 0.3) is 0 Å². The van der Waals surface area contributed by atoms with Crippen LogP contribution in [0.1, 0.15) is 31.2 Å². The maximum Gasteiger partial charge on any atom is 0.00502 e. The Morgan fingerprint density at radius 3 is 2.79 bits per heavy atom. The largest absolute Gasteiger partial charge is 0.303 e. The van der Waals surface area contributed by atoms with Gasteiger partial charge in [-0.25, -0.2) is 0 Å². The molecule has 0 bridgehead atoms. The monoisotopic (exact) mass is 189 g/mol. The molecule has 1 nitrogen and oxygen atoms in total. The lowest BCUT2D eigenvalue weighted by Crippen LogP contribution is -2.33. The van der Waals surface area contributed by atoms with E-state index in [2.05, 4.69) is 42.2 Å². The summed E-state index contributed by atoms with van der Waals surface area (Å²) in [6, 6.07) is 10.9. The number of rotatable bonds is 2. The Balaban J connectivity index is 2.04. The highest BCUT2D eigenvalue weighted by atomic mass is 15.1. The van der Waals surface area contributed by atoms with Gasteiger partial charge in [-0.3, -0.25) is 0 Å². The molecular formula is C13H19N. The van der Waals surface area contributed by atoms with Crippen LogP contribution >= 0.6 is 0 Å². The van der Waals surface area contributed by atoms with Crippen LogP contribution in [0.5, 0.6) is 0 Å². The molecule has 1 heterocycles. The van der Waals surface area contributed by atoms with Crippen LogP contribution in [0.2, 0.25) is 0 Å². The Kier molecular flexibility index (Phi) is 3.20. The topological polar surface area (TPSA) is 3.24 Å². The van der Waals surface area contributed by atoms with Crippen LogP contribution in [0, 0.1) is 0 Å². The van der Waals surface area contributed by atoms with Crippen molar-refractivity contribution in [2.45, 2.75) is 25.7 Å². The van der Waals surface area contributed by atoms with Crippen molar-refractivity contribution < 1.29 is 0 Å². The molecule has 1 aromatic carbocycles. The smallest absolute Gasteiger partial charge is 0.00502 e. The van der Waals surface area contributed by atoms with Crippen LogP contribution in [0.25, 0.3) is 0 Å². The number of nitrogens with zero attached hydrogens (tertiary/aromatic N) is 1. The molecule has 0 saturated carbocycles. The molecule has 1 unspecified atom stereocenters. The van der Waals surface area contributed by atoms with Crippen molar-refractivity contribution >= 4 is 0 Å². The second-order valence-electron chi connectivity index (χ2n) is 4.14. The van der Waals surface area contributed by atoms with E-state index in [-0.39, 0.29) is 0 Å². The third-order valence-electron chi connectivity index (χ3n) is 3.22. The fourth-order valence-electron chi connectivity index (χ4n) is 2.34. The van der Waals surface area contributed by atoms with Crippen molar-refractivity contribution in [1.82, 2.24) is 4.90 Å². The van der Waals surface area contributed by atoms with Gasteiger partial charge in [0.05, 0.1) is 0 Å². The molecule has 0 aromatic heterocycles. The van der Waals surface area contributed by atoms with Crippen LogP contribution in [0.3, 0.4) is 0 Å². The van der Waals surface area contributed by atoms with E-state index < -0.39 is 0 Å². The van der Waals surface area contributed by atoms with Gasteiger partial charge in [0, 0.05) is 6.54 Å². The van der Waals surface area contributed by atoms with E-state index in [1.54, 1.807) is 0 Å². The fraction of sp³-hybridized carbons (Fsp3) is 0.538. The van der Waals surface area contributed by atoms with Crippen molar-refractivity contribution in [3.63, 3.8) is 0 Å². The number of likely N-dealkylation sites (N-methyl/N-ethyl adjacent to an activating group) is 1. The molecule has 1 atom stereocenters. The number of likely N-dealkylation sites (tertiary alicyclic amines) is 1. The predicted octanol–water partition coefficient (Wildman–Crippen LogP) is 2.89. The Labute approximate surface area is 86.7 Å². The maximum absolute atomic E-state index is 2.56. The minimum atomic E-state index is 0.768. The summed E-state index contributed by atoms with van der Waals surface area (Å²) in [5, 5.41) is 0. The molecule has 0 radical (unpaired) electrons. The van der Waals surface area contributed by atoms with Crippen LogP contribution in [-0.2, 0) is 0 Å². The average molecular weight is 189 g/mol. The molecule has 0 spiro atoms. The van der Waals surface area contributed by atoms with Gasteiger partial charge in [0.1, 0.15) is 0 Å².